The number of fused-ring (bicyclic) bond motifs is 1. The summed E-state index contributed by atoms with van der Waals surface area (Å²) in [6.45, 7) is 10.0. The molecule has 0 radical (unpaired) electrons. The Labute approximate surface area is 144 Å². The van der Waals surface area contributed by atoms with Crippen molar-refractivity contribution in [1.29, 1.82) is 0 Å². The van der Waals surface area contributed by atoms with Crippen molar-refractivity contribution in [2.45, 2.75) is 53.1 Å². The highest BCUT2D eigenvalue weighted by Crippen LogP contribution is 2.32. The molecule has 0 saturated heterocycles. The number of hydrogen-bond acceptors (Lipinski definition) is 1. The molecule has 2 aromatic rings. The largest absolute Gasteiger partial charge is 0.345 e. The summed E-state index contributed by atoms with van der Waals surface area (Å²) in [4.78, 5) is 14.9. The number of rotatable bonds is 3. The van der Waals surface area contributed by atoms with E-state index in [0.29, 0.717) is 0 Å². The summed E-state index contributed by atoms with van der Waals surface area (Å²) < 4.78 is 2.35. The van der Waals surface area contributed by atoms with Gasteiger partial charge in [-0.25, -0.2) is 4.79 Å². The first-order valence-electron chi connectivity index (χ1n) is 8.82. The number of aromatic nitrogens is 1. The molecule has 1 aromatic carbocycles. The number of hydrogen-bond donors (Lipinski definition) is 1. The second kappa shape index (κ2) is 6.71. The molecule has 2 amide bonds. The monoisotopic (exact) mass is 325 g/mol. The topological polar surface area (TPSA) is 37.3 Å². The third-order valence-corrected chi connectivity index (χ3v) is 4.96. The van der Waals surface area contributed by atoms with E-state index in [2.05, 4.69) is 48.9 Å². The van der Waals surface area contributed by atoms with Crippen molar-refractivity contribution in [1.82, 2.24) is 9.47 Å². The smallest absolute Gasteiger partial charge is 0.322 e. The van der Waals surface area contributed by atoms with E-state index >= 15 is 0 Å². The number of carbonyl (C=O) groups is 1. The molecule has 0 bridgehead atoms. The molecule has 4 heteroatoms. The van der Waals surface area contributed by atoms with Gasteiger partial charge in [0.25, 0.3) is 0 Å². The van der Waals surface area contributed by atoms with Crippen molar-refractivity contribution in [3.05, 3.63) is 52.8 Å². The third-order valence-electron chi connectivity index (χ3n) is 4.96. The summed E-state index contributed by atoms with van der Waals surface area (Å²) in [6, 6.07) is 10.6. The molecule has 2 heterocycles. The van der Waals surface area contributed by atoms with Gasteiger partial charge < -0.3 is 14.8 Å². The van der Waals surface area contributed by atoms with Gasteiger partial charge in [-0.3, -0.25) is 0 Å². The second-order valence-electron chi connectivity index (χ2n) is 6.80. The molecule has 24 heavy (non-hydrogen) atoms. The fourth-order valence-corrected chi connectivity index (χ4v) is 3.67. The number of aryl methyl sites for hydroxylation is 3. The zero-order valence-electron chi connectivity index (χ0n) is 15.1. The van der Waals surface area contributed by atoms with Gasteiger partial charge in [0.2, 0.25) is 0 Å². The van der Waals surface area contributed by atoms with Crippen molar-refractivity contribution < 1.29 is 4.79 Å². The van der Waals surface area contributed by atoms with Crippen LogP contribution in [-0.2, 0) is 6.54 Å². The van der Waals surface area contributed by atoms with Crippen LogP contribution in [0.25, 0.3) is 0 Å². The van der Waals surface area contributed by atoms with Crippen LogP contribution in [-0.4, -0.2) is 22.0 Å². The predicted molar refractivity (Wildman–Crippen MR) is 98.5 cm³/mol. The van der Waals surface area contributed by atoms with Crippen LogP contribution in [0.3, 0.4) is 0 Å². The molecule has 4 nitrogen and oxygen atoms in total. The van der Waals surface area contributed by atoms with E-state index < -0.39 is 0 Å². The number of urea groups is 1. The van der Waals surface area contributed by atoms with E-state index in [1.807, 2.05) is 24.0 Å². The molecule has 128 valence electrons. The number of nitrogens with zero attached hydrogens (tertiary/aromatic N) is 2. The first-order valence-corrected chi connectivity index (χ1v) is 8.82. The van der Waals surface area contributed by atoms with Crippen molar-refractivity contribution >= 4 is 11.7 Å². The Morgan fingerprint density at radius 1 is 1.17 bits per heavy atom. The number of nitrogens with one attached hydrogen (secondary N) is 1. The zero-order chi connectivity index (χ0) is 17.3. The molecular weight excluding hydrogens is 298 g/mol. The minimum Gasteiger partial charge on any atom is -0.345 e. The van der Waals surface area contributed by atoms with Crippen LogP contribution in [0.15, 0.2) is 30.3 Å². The van der Waals surface area contributed by atoms with Gasteiger partial charge >= 0.3 is 6.03 Å². The van der Waals surface area contributed by atoms with E-state index in [9.17, 15) is 4.79 Å². The SMILES string of the molecule is CCCC1c2ccc(C)n2CCN1C(=O)Nc1ccc(C)cc1C. The molecule has 1 N–H and O–H groups in total. The minimum atomic E-state index is 0.00510. The van der Waals surface area contributed by atoms with Crippen LogP contribution in [0.1, 0.15) is 48.3 Å². The van der Waals surface area contributed by atoms with Crippen molar-refractivity contribution in [3.8, 4) is 0 Å². The Balaban J connectivity index is 1.83. The molecule has 0 fully saturated rings. The van der Waals surface area contributed by atoms with E-state index in [1.54, 1.807) is 0 Å². The molecular formula is C20H27N3O. The Morgan fingerprint density at radius 3 is 2.67 bits per heavy atom. The summed E-state index contributed by atoms with van der Waals surface area (Å²) in [5.74, 6) is 0. The molecule has 1 aromatic heterocycles. The van der Waals surface area contributed by atoms with Gasteiger partial charge in [0.1, 0.15) is 0 Å². The third kappa shape index (κ3) is 3.05. The lowest BCUT2D eigenvalue weighted by atomic mass is 10.0. The van der Waals surface area contributed by atoms with Crippen LogP contribution < -0.4 is 5.32 Å². The Hall–Kier alpha value is -2.23. The summed E-state index contributed by atoms with van der Waals surface area (Å²) in [7, 11) is 0. The standard InChI is InChI=1S/C20H27N3O/c1-5-6-18-19-10-8-16(4)22(19)11-12-23(18)20(24)21-17-9-7-14(2)13-15(17)3/h7-10,13,18H,5-6,11-12H2,1-4H3,(H,21,24). The summed E-state index contributed by atoms with van der Waals surface area (Å²) in [5.41, 5.74) is 5.75. The van der Waals surface area contributed by atoms with E-state index in [1.165, 1.54) is 17.0 Å². The van der Waals surface area contributed by atoms with Gasteiger partial charge in [-0.05, 0) is 51.0 Å². The minimum absolute atomic E-state index is 0.00510. The fourth-order valence-electron chi connectivity index (χ4n) is 3.67. The van der Waals surface area contributed by atoms with E-state index in [-0.39, 0.29) is 12.1 Å². The highest BCUT2D eigenvalue weighted by atomic mass is 16.2. The number of amides is 2. The van der Waals surface area contributed by atoms with Gasteiger partial charge in [-0.2, -0.15) is 0 Å². The Bertz CT molecular complexity index is 747. The van der Waals surface area contributed by atoms with Crippen molar-refractivity contribution in [2.24, 2.45) is 0 Å². The lowest BCUT2D eigenvalue weighted by Crippen LogP contribution is -2.44. The van der Waals surface area contributed by atoms with Gasteiger partial charge in [0.15, 0.2) is 0 Å². The Morgan fingerprint density at radius 2 is 1.96 bits per heavy atom. The number of anilines is 1. The van der Waals surface area contributed by atoms with Crippen LogP contribution in [0.4, 0.5) is 10.5 Å². The highest BCUT2D eigenvalue weighted by molar-refractivity contribution is 5.90. The molecule has 3 rings (SSSR count). The number of benzene rings is 1. The highest BCUT2D eigenvalue weighted by Gasteiger charge is 2.31. The van der Waals surface area contributed by atoms with Crippen LogP contribution >= 0.6 is 0 Å². The summed E-state index contributed by atoms with van der Waals surface area (Å²) in [5, 5.41) is 3.11. The van der Waals surface area contributed by atoms with Gasteiger partial charge in [0, 0.05) is 30.2 Å². The predicted octanol–water partition coefficient (Wildman–Crippen LogP) is 4.80. The number of carbonyl (C=O) groups excluding carboxylic acids is 1. The molecule has 0 saturated carbocycles. The maximum Gasteiger partial charge on any atom is 0.322 e. The lowest BCUT2D eigenvalue weighted by Gasteiger charge is -2.37. The van der Waals surface area contributed by atoms with Crippen LogP contribution in [0.5, 0.6) is 0 Å². The maximum absolute atomic E-state index is 12.9. The Kier molecular flexibility index (Phi) is 4.65. The molecule has 1 unspecified atom stereocenters. The van der Waals surface area contributed by atoms with Crippen molar-refractivity contribution in [2.75, 3.05) is 11.9 Å². The molecule has 0 spiro atoms. The van der Waals surface area contributed by atoms with Gasteiger partial charge in [0.05, 0.1) is 6.04 Å². The lowest BCUT2D eigenvalue weighted by molar-refractivity contribution is 0.162. The second-order valence-corrected chi connectivity index (χ2v) is 6.80. The normalized spacial score (nSPS) is 16.8. The molecule has 1 aliphatic rings. The fraction of sp³-hybridized carbons (Fsp3) is 0.450. The molecule has 1 atom stereocenters. The van der Waals surface area contributed by atoms with Gasteiger partial charge in [-0.15, -0.1) is 0 Å². The van der Waals surface area contributed by atoms with Crippen LogP contribution in [0.2, 0.25) is 0 Å². The average Bonchev–Trinajstić information content (AvgIpc) is 2.92. The van der Waals surface area contributed by atoms with Gasteiger partial charge in [-0.1, -0.05) is 31.0 Å². The van der Waals surface area contributed by atoms with E-state index in [4.69, 9.17) is 0 Å². The average molecular weight is 325 g/mol. The first-order chi connectivity index (χ1) is 11.5. The zero-order valence-corrected chi connectivity index (χ0v) is 15.1. The van der Waals surface area contributed by atoms with Crippen molar-refractivity contribution in [3.63, 3.8) is 0 Å². The molecule has 1 aliphatic heterocycles. The first kappa shape index (κ1) is 16.6. The summed E-state index contributed by atoms with van der Waals surface area (Å²) in [6.07, 6.45) is 2.05. The van der Waals surface area contributed by atoms with E-state index in [0.717, 1.165) is 37.2 Å². The maximum atomic E-state index is 12.9. The van der Waals surface area contributed by atoms with Crippen LogP contribution in [0, 0.1) is 20.8 Å². The quantitative estimate of drug-likeness (QED) is 0.864. The molecule has 0 aliphatic carbocycles. The summed E-state index contributed by atoms with van der Waals surface area (Å²) >= 11 is 0.